The maximum Gasteiger partial charge on any atom is 0.120 e. The van der Waals surface area contributed by atoms with Crippen LogP contribution in [-0.4, -0.2) is 7.11 Å². The van der Waals surface area contributed by atoms with Gasteiger partial charge in [-0.25, -0.2) is 0 Å². The molecule has 0 aliphatic carbocycles. The third-order valence-electron chi connectivity index (χ3n) is 2.49. The number of hydrogen-bond acceptors (Lipinski definition) is 3. The van der Waals surface area contributed by atoms with E-state index in [4.69, 9.17) is 4.74 Å². The number of ether oxygens (including phenoxy) is 1. The Balaban J connectivity index is 2.02. The van der Waals surface area contributed by atoms with Crippen LogP contribution < -0.4 is 10.1 Å². The van der Waals surface area contributed by atoms with E-state index in [0.717, 1.165) is 18.0 Å². The molecule has 0 aliphatic rings. The molecule has 0 spiro atoms. The minimum atomic E-state index is 0.872. The van der Waals surface area contributed by atoms with Crippen molar-refractivity contribution in [2.75, 3.05) is 12.4 Å². The summed E-state index contributed by atoms with van der Waals surface area (Å²) in [5.74, 6) is 0.882. The fourth-order valence-corrected chi connectivity index (χ4v) is 2.35. The number of nitrogens with one attached hydrogen (secondary N) is 1. The van der Waals surface area contributed by atoms with Crippen LogP contribution in [0, 0.1) is 6.92 Å². The van der Waals surface area contributed by atoms with Crippen LogP contribution in [0.25, 0.3) is 0 Å². The van der Waals surface area contributed by atoms with Crippen LogP contribution in [0.4, 0.5) is 5.69 Å². The van der Waals surface area contributed by atoms with Crippen molar-refractivity contribution in [3.05, 3.63) is 46.2 Å². The minimum absolute atomic E-state index is 0.872. The summed E-state index contributed by atoms with van der Waals surface area (Å²) in [6.07, 6.45) is 0. The zero-order valence-electron chi connectivity index (χ0n) is 9.49. The highest BCUT2D eigenvalue weighted by molar-refractivity contribution is 7.10. The van der Waals surface area contributed by atoms with Crippen molar-refractivity contribution in [2.24, 2.45) is 0 Å². The first kappa shape index (κ1) is 11.0. The second-order valence-corrected chi connectivity index (χ2v) is 4.61. The van der Waals surface area contributed by atoms with Gasteiger partial charge >= 0.3 is 0 Å². The molecule has 0 atom stereocenters. The molecule has 0 bridgehead atoms. The van der Waals surface area contributed by atoms with Gasteiger partial charge in [0.15, 0.2) is 0 Å². The van der Waals surface area contributed by atoms with Crippen molar-refractivity contribution < 1.29 is 4.74 Å². The molecule has 0 fully saturated rings. The molecule has 0 amide bonds. The van der Waals surface area contributed by atoms with Crippen LogP contribution in [-0.2, 0) is 6.54 Å². The average Bonchev–Trinajstić information content (AvgIpc) is 2.72. The molecule has 0 saturated carbocycles. The van der Waals surface area contributed by atoms with Gasteiger partial charge in [-0.05, 0) is 36.1 Å². The van der Waals surface area contributed by atoms with Crippen LogP contribution in [0.2, 0.25) is 0 Å². The van der Waals surface area contributed by atoms with E-state index < -0.39 is 0 Å². The van der Waals surface area contributed by atoms with E-state index in [1.54, 1.807) is 18.4 Å². The highest BCUT2D eigenvalue weighted by atomic mass is 32.1. The standard InChI is InChI=1S/C13H15NOS/c1-10-6-7-16-13(10)9-14-11-4-3-5-12(8-11)15-2/h3-8,14H,9H2,1-2H3. The second kappa shape index (κ2) is 5.03. The first-order chi connectivity index (χ1) is 7.79. The van der Waals surface area contributed by atoms with E-state index in [9.17, 15) is 0 Å². The van der Waals surface area contributed by atoms with Crippen molar-refractivity contribution in [1.82, 2.24) is 0 Å². The Kier molecular flexibility index (Phi) is 3.47. The number of rotatable bonds is 4. The smallest absolute Gasteiger partial charge is 0.120 e. The van der Waals surface area contributed by atoms with Crippen molar-refractivity contribution in [3.63, 3.8) is 0 Å². The molecule has 0 radical (unpaired) electrons. The Morgan fingerprint density at radius 2 is 2.19 bits per heavy atom. The Morgan fingerprint density at radius 1 is 1.31 bits per heavy atom. The Bertz CT molecular complexity index is 464. The lowest BCUT2D eigenvalue weighted by Gasteiger charge is -2.07. The molecular weight excluding hydrogens is 218 g/mol. The van der Waals surface area contributed by atoms with Crippen molar-refractivity contribution in [2.45, 2.75) is 13.5 Å². The fourth-order valence-electron chi connectivity index (χ4n) is 1.50. The molecule has 16 heavy (non-hydrogen) atoms. The molecule has 1 N–H and O–H groups in total. The van der Waals surface area contributed by atoms with E-state index in [1.165, 1.54) is 10.4 Å². The van der Waals surface area contributed by atoms with Crippen molar-refractivity contribution in [3.8, 4) is 5.75 Å². The Labute approximate surface area is 99.9 Å². The van der Waals surface area contributed by atoms with Gasteiger partial charge in [-0.3, -0.25) is 0 Å². The molecule has 1 aromatic carbocycles. The molecule has 2 aromatic rings. The first-order valence-corrected chi connectivity index (χ1v) is 6.08. The molecule has 84 valence electrons. The summed E-state index contributed by atoms with van der Waals surface area (Å²) in [5, 5.41) is 5.52. The lowest BCUT2D eigenvalue weighted by atomic mass is 10.2. The van der Waals surface area contributed by atoms with Crippen LogP contribution in [0.3, 0.4) is 0 Å². The first-order valence-electron chi connectivity index (χ1n) is 5.20. The molecule has 0 unspecified atom stereocenters. The SMILES string of the molecule is COc1cccc(NCc2sccc2C)c1. The molecule has 0 saturated heterocycles. The fraction of sp³-hybridized carbons (Fsp3) is 0.231. The van der Waals surface area contributed by atoms with Crippen LogP contribution in [0.5, 0.6) is 5.75 Å². The number of aryl methyl sites for hydroxylation is 1. The lowest BCUT2D eigenvalue weighted by Crippen LogP contribution is -1.98. The molecule has 2 nitrogen and oxygen atoms in total. The van der Waals surface area contributed by atoms with Gasteiger partial charge in [0.25, 0.3) is 0 Å². The molecule has 2 rings (SSSR count). The number of hydrogen-bond donors (Lipinski definition) is 1. The number of anilines is 1. The predicted octanol–water partition coefficient (Wildman–Crippen LogP) is 3.68. The predicted molar refractivity (Wildman–Crippen MR) is 69.4 cm³/mol. The summed E-state index contributed by atoms with van der Waals surface area (Å²) in [5.41, 5.74) is 2.44. The van der Waals surface area contributed by atoms with E-state index in [1.807, 2.05) is 24.3 Å². The topological polar surface area (TPSA) is 21.3 Å². The quantitative estimate of drug-likeness (QED) is 0.869. The molecule has 1 aromatic heterocycles. The summed E-state index contributed by atoms with van der Waals surface area (Å²) in [7, 11) is 1.68. The minimum Gasteiger partial charge on any atom is -0.497 e. The number of thiophene rings is 1. The van der Waals surface area contributed by atoms with E-state index >= 15 is 0 Å². The van der Waals surface area contributed by atoms with Crippen LogP contribution in [0.1, 0.15) is 10.4 Å². The molecule has 0 aliphatic heterocycles. The van der Waals surface area contributed by atoms with Gasteiger partial charge < -0.3 is 10.1 Å². The van der Waals surface area contributed by atoms with Crippen molar-refractivity contribution >= 4 is 17.0 Å². The monoisotopic (exact) mass is 233 g/mol. The van der Waals surface area contributed by atoms with E-state index in [0.29, 0.717) is 0 Å². The van der Waals surface area contributed by atoms with Gasteiger partial charge in [-0.2, -0.15) is 0 Å². The third-order valence-corrected chi connectivity index (χ3v) is 3.51. The van der Waals surface area contributed by atoms with Gasteiger partial charge in [-0.1, -0.05) is 6.07 Å². The molecule has 1 heterocycles. The Morgan fingerprint density at radius 3 is 2.88 bits per heavy atom. The third kappa shape index (κ3) is 2.55. The van der Waals surface area contributed by atoms with Gasteiger partial charge in [-0.15, -0.1) is 11.3 Å². The summed E-state index contributed by atoms with van der Waals surface area (Å²) < 4.78 is 5.18. The highest BCUT2D eigenvalue weighted by Gasteiger charge is 2.00. The zero-order chi connectivity index (χ0) is 11.4. The second-order valence-electron chi connectivity index (χ2n) is 3.61. The van der Waals surface area contributed by atoms with E-state index in [2.05, 4.69) is 23.7 Å². The van der Waals surface area contributed by atoms with Crippen LogP contribution in [0.15, 0.2) is 35.7 Å². The largest absolute Gasteiger partial charge is 0.497 e. The summed E-state index contributed by atoms with van der Waals surface area (Å²) in [6.45, 7) is 3.01. The summed E-state index contributed by atoms with van der Waals surface area (Å²) >= 11 is 1.78. The summed E-state index contributed by atoms with van der Waals surface area (Å²) in [6, 6.07) is 10.1. The van der Waals surface area contributed by atoms with Crippen molar-refractivity contribution in [1.29, 1.82) is 0 Å². The molecular formula is C13H15NOS. The number of benzene rings is 1. The average molecular weight is 233 g/mol. The Hall–Kier alpha value is -1.48. The van der Waals surface area contributed by atoms with Gasteiger partial charge in [0.05, 0.1) is 7.11 Å². The van der Waals surface area contributed by atoms with Crippen LogP contribution >= 0.6 is 11.3 Å². The van der Waals surface area contributed by atoms with E-state index in [-0.39, 0.29) is 0 Å². The lowest BCUT2D eigenvalue weighted by molar-refractivity contribution is 0.415. The maximum atomic E-state index is 5.18. The highest BCUT2D eigenvalue weighted by Crippen LogP contribution is 2.20. The van der Waals surface area contributed by atoms with Gasteiger partial charge in [0.1, 0.15) is 5.75 Å². The summed E-state index contributed by atoms with van der Waals surface area (Å²) in [4.78, 5) is 1.38. The van der Waals surface area contributed by atoms with Gasteiger partial charge in [0.2, 0.25) is 0 Å². The molecule has 3 heteroatoms. The normalized spacial score (nSPS) is 10.1. The number of methoxy groups -OCH3 is 1. The zero-order valence-corrected chi connectivity index (χ0v) is 10.3. The van der Waals surface area contributed by atoms with Gasteiger partial charge in [0, 0.05) is 23.2 Å². The maximum absolute atomic E-state index is 5.18.